The van der Waals surface area contributed by atoms with Crippen molar-refractivity contribution < 1.29 is 9.90 Å². The Hall–Kier alpha value is -1.15. The first-order valence-corrected chi connectivity index (χ1v) is 5.33. The van der Waals surface area contributed by atoms with Crippen LogP contribution in [0.3, 0.4) is 0 Å². The largest absolute Gasteiger partial charge is 0.392 e. The van der Waals surface area contributed by atoms with E-state index in [-0.39, 0.29) is 18.1 Å². The van der Waals surface area contributed by atoms with E-state index in [4.69, 9.17) is 0 Å². The highest BCUT2D eigenvalue weighted by atomic mass is 16.3. The van der Waals surface area contributed by atoms with Crippen LogP contribution in [0.1, 0.15) is 25.8 Å². The van der Waals surface area contributed by atoms with Crippen LogP contribution in [0, 0.1) is 5.92 Å². The van der Waals surface area contributed by atoms with Crippen LogP contribution in [0.25, 0.3) is 0 Å². The highest BCUT2D eigenvalue weighted by Crippen LogP contribution is 2.09. The van der Waals surface area contributed by atoms with Crippen LogP contribution in [0.15, 0.2) is 30.3 Å². The lowest BCUT2D eigenvalue weighted by molar-refractivity contribution is -0.120. The van der Waals surface area contributed by atoms with Crippen molar-refractivity contribution in [3.8, 4) is 0 Å². The van der Waals surface area contributed by atoms with E-state index >= 15 is 0 Å². The number of ketones is 1. The predicted molar refractivity (Wildman–Crippen MR) is 60.6 cm³/mol. The van der Waals surface area contributed by atoms with Gasteiger partial charge in [0.05, 0.1) is 6.10 Å². The molecule has 0 radical (unpaired) electrons. The highest BCUT2D eigenvalue weighted by molar-refractivity contribution is 5.81. The number of rotatable bonds is 5. The second-order valence-corrected chi connectivity index (χ2v) is 4.22. The molecule has 1 atom stereocenters. The third-order valence-corrected chi connectivity index (χ3v) is 2.45. The van der Waals surface area contributed by atoms with Gasteiger partial charge in [0, 0.05) is 12.8 Å². The highest BCUT2D eigenvalue weighted by Gasteiger charge is 2.14. The number of aliphatic hydroxyl groups is 1. The molecule has 0 unspecified atom stereocenters. The Balaban J connectivity index is 2.43. The van der Waals surface area contributed by atoms with Crippen molar-refractivity contribution in [1.82, 2.24) is 0 Å². The summed E-state index contributed by atoms with van der Waals surface area (Å²) in [5, 5.41) is 9.55. The van der Waals surface area contributed by atoms with E-state index < -0.39 is 6.10 Å². The molecule has 1 aromatic rings. The first-order valence-electron chi connectivity index (χ1n) is 5.33. The summed E-state index contributed by atoms with van der Waals surface area (Å²) in [5.41, 5.74) is 1.01. The molecule has 1 aromatic carbocycles. The van der Waals surface area contributed by atoms with E-state index in [2.05, 4.69) is 0 Å². The first kappa shape index (κ1) is 11.9. The van der Waals surface area contributed by atoms with Gasteiger partial charge in [0.25, 0.3) is 0 Å². The third-order valence-electron chi connectivity index (χ3n) is 2.45. The molecule has 0 heterocycles. The summed E-state index contributed by atoms with van der Waals surface area (Å²) in [5.74, 6) is 0.243. The molecule has 0 aliphatic carbocycles. The van der Waals surface area contributed by atoms with Crippen LogP contribution < -0.4 is 0 Å². The van der Waals surface area contributed by atoms with E-state index in [0.29, 0.717) is 6.42 Å². The standard InChI is InChI=1S/C13H18O2/c1-10(2)13(15)9-12(14)8-11-6-4-3-5-7-11/h3-7,10,13,15H,8-9H2,1-2H3/t13-/m1/s1. The molecule has 1 N–H and O–H groups in total. The minimum Gasteiger partial charge on any atom is -0.392 e. The Morgan fingerprint density at radius 1 is 1.27 bits per heavy atom. The van der Waals surface area contributed by atoms with Crippen LogP contribution in [-0.4, -0.2) is 17.0 Å². The Morgan fingerprint density at radius 3 is 2.40 bits per heavy atom. The molecule has 0 aliphatic rings. The van der Waals surface area contributed by atoms with Crippen molar-refractivity contribution in [2.45, 2.75) is 32.8 Å². The van der Waals surface area contributed by atoms with Crippen LogP contribution in [-0.2, 0) is 11.2 Å². The monoisotopic (exact) mass is 206 g/mol. The number of hydrogen-bond acceptors (Lipinski definition) is 2. The normalized spacial score (nSPS) is 12.8. The maximum atomic E-state index is 11.6. The Kier molecular flexibility index (Phi) is 4.50. The van der Waals surface area contributed by atoms with Crippen molar-refractivity contribution in [2.75, 3.05) is 0 Å². The van der Waals surface area contributed by atoms with Crippen molar-refractivity contribution in [1.29, 1.82) is 0 Å². The van der Waals surface area contributed by atoms with Crippen LogP contribution in [0.4, 0.5) is 0 Å². The maximum Gasteiger partial charge on any atom is 0.139 e. The van der Waals surface area contributed by atoms with Crippen molar-refractivity contribution in [3.63, 3.8) is 0 Å². The van der Waals surface area contributed by atoms with Gasteiger partial charge in [0.1, 0.15) is 5.78 Å². The minimum atomic E-state index is -0.513. The third kappa shape index (κ3) is 4.26. The molecule has 0 bridgehead atoms. The summed E-state index contributed by atoms with van der Waals surface area (Å²) >= 11 is 0. The zero-order valence-corrected chi connectivity index (χ0v) is 9.31. The molecule has 0 saturated carbocycles. The van der Waals surface area contributed by atoms with Crippen LogP contribution in [0.2, 0.25) is 0 Å². The number of aliphatic hydroxyl groups excluding tert-OH is 1. The van der Waals surface area contributed by atoms with Gasteiger partial charge in [-0.1, -0.05) is 44.2 Å². The quantitative estimate of drug-likeness (QED) is 0.802. The lowest BCUT2D eigenvalue weighted by atomic mass is 9.98. The number of hydrogen-bond donors (Lipinski definition) is 1. The molecule has 82 valence electrons. The SMILES string of the molecule is CC(C)[C@H](O)CC(=O)Cc1ccccc1. The molecule has 0 fully saturated rings. The number of carbonyl (C=O) groups is 1. The lowest BCUT2D eigenvalue weighted by Crippen LogP contribution is -2.20. The fourth-order valence-corrected chi connectivity index (χ4v) is 1.36. The van der Waals surface area contributed by atoms with Gasteiger partial charge in [-0.3, -0.25) is 4.79 Å². The fourth-order valence-electron chi connectivity index (χ4n) is 1.36. The molecule has 2 nitrogen and oxygen atoms in total. The predicted octanol–water partition coefficient (Wildman–Crippen LogP) is 2.21. The molecular weight excluding hydrogens is 188 g/mol. The zero-order valence-electron chi connectivity index (χ0n) is 9.31. The van der Waals surface area contributed by atoms with E-state index in [1.165, 1.54) is 0 Å². The summed E-state index contributed by atoms with van der Waals surface area (Å²) in [7, 11) is 0. The molecule has 15 heavy (non-hydrogen) atoms. The average Bonchev–Trinajstić information content (AvgIpc) is 2.18. The van der Waals surface area contributed by atoms with E-state index in [0.717, 1.165) is 5.56 Å². The molecule has 2 heteroatoms. The summed E-state index contributed by atoms with van der Waals surface area (Å²) < 4.78 is 0. The molecule has 0 aliphatic heterocycles. The number of benzene rings is 1. The van der Waals surface area contributed by atoms with E-state index in [9.17, 15) is 9.90 Å². The van der Waals surface area contributed by atoms with Gasteiger partial charge in [0.2, 0.25) is 0 Å². The summed E-state index contributed by atoms with van der Waals surface area (Å²) in [6.45, 7) is 3.83. The van der Waals surface area contributed by atoms with E-state index in [1.807, 2.05) is 44.2 Å². The van der Waals surface area contributed by atoms with Crippen molar-refractivity contribution in [3.05, 3.63) is 35.9 Å². The molecule has 0 aromatic heterocycles. The average molecular weight is 206 g/mol. The van der Waals surface area contributed by atoms with Gasteiger partial charge < -0.3 is 5.11 Å². The molecule has 0 amide bonds. The van der Waals surface area contributed by atoms with Crippen LogP contribution >= 0.6 is 0 Å². The molecule has 0 spiro atoms. The van der Waals surface area contributed by atoms with Crippen molar-refractivity contribution >= 4 is 5.78 Å². The Morgan fingerprint density at radius 2 is 1.87 bits per heavy atom. The summed E-state index contributed by atoms with van der Waals surface area (Å²) in [6, 6.07) is 9.62. The van der Waals surface area contributed by atoms with Crippen molar-refractivity contribution in [2.24, 2.45) is 5.92 Å². The maximum absolute atomic E-state index is 11.6. The lowest BCUT2D eigenvalue weighted by Gasteiger charge is -2.13. The molecule has 1 rings (SSSR count). The number of Topliss-reactive ketones (excluding diaryl/α,β-unsaturated/α-hetero) is 1. The fraction of sp³-hybridized carbons (Fsp3) is 0.462. The number of carbonyl (C=O) groups excluding carboxylic acids is 1. The van der Waals surface area contributed by atoms with Gasteiger partial charge in [-0.25, -0.2) is 0 Å². The minimum absolute atomic E-state index is 0.0994. The van der Waals surface area contributed by atoms with Gasteiger partial charge in [0.15, 0.2) is 0 Å². The Bertz CT molecular complexity index is 304. The zero-order chi connectivity index (χ0) is 11.3. The smallest absolute Gasteiger partial charge is 0.139 e. The van der Waals surface area contributed by atoms with Gasteiger partial charge in [-0.05, 0) is 11.5 Å². The Labute approximate surface area is 90.9 Å². The second kappa shape index (κ2) is 5.66. The molecule has 0 saturated heterocycles. The van der Waals surface area contributed by atoms with Gasteiger partial charge in [-0.15, -0.1) is 0 Å². The molecular formula is C13H18O2. The summed E-state index contributed by atoms with van der Waals surface area (Å²) in [4.78, 5) is 11.6. The van der Waals surface area contributed by atoms with Crippen LogP contribution in [0.5, 0.6) is 0 Å². The topological polar surface area (TPSA) is 37.3 Å². The summed E-state index contributed by atoms with van der Waals surface area (Å²) in [6.07, 6.45) is 0.165. The van der Waals surface area contributed by atoms with Gasteiger partial charge in [-0.2, -0.15) is 0 Å². The first-order chi connectivity index (χ1) is 7.09. The van der Waals surface area contributed by atoms with E-state index in [1.54, 1.807) is 0 Å². The van der Waals surface area contributed by atoms with Gasteiger partial charge >= 0.3 is 0 Å². The second-order valence-electron chi connectivity index (χ2n) is 4.22.